The summed E-state index contributed by atoms with van der Waals surface area (Å²) in [7, 11) is -3.92. The Morgan fingerprint density at radius 2 is 1.69 bits per heavy atom. The molecule has 1 aliphatic carbocycles. The highest BCUT2D eigenvalue weighted by Crippen LogP contribution is 2.33. The van der Waals surface area contributed by atoms with Crippen LogP contribution in [0.1, 0.15) is 42.5 Å². The Morgan fingerprint density at radius 3 is 2.31 bits per heavy atom. The van der Waals surface area contributed by atoms with Crippen LogP contribution in [0.3, 0.4) is 0 Å². The van der Waals surface area contributed by atoms with Crippen molar-refractivity contribution in [2.24, 2.45) is 0 Å². The van der Waals surface area contributed by atoms with Gasteiger partial charge in [0.25, 0.3) is 10.0 Å². The Balaban J connectivity index is 2.10. The van der Waals surface area contributed by atoms with Crippen molar-refractivity contribution in [3.63, 3.8) is 0 Å². The standard InChI is InChI=1S/C19H20ClNO4S/c20-18-12-11-16(13-17(18)19(22)23)26(24,25)21(14-7-3-1-4-8-14)15-9-5-2-6-10-15/h1,3-4,7-8,11-13,15H,2,5-6,9-10H2,(H,22,23). The molecular formula is C19H20ClNO4S. The quantitative estimate of drug-likeness (QED) is 0.807. The van der Waals surface area contributed by atoms with Gasteiger partial charge in [0.15, 0.2) is 0 Å². The predicted molar refractivity (Wildman–Crippen MR) is 101 cm³/mol. The minimum atomic E-state index is -3.92. The lowest BCUT2D eigenvalue weighted by atomic mass is 9.95. The lowest BCUT2D eigenvalue weighted by Crippen LogP contribution is -2.41. The zero-order valence-corrected chi connectivity index (χ0v) is 15.7. The summed E-state index contributed by atoms with van der Waals surface area (Å²) in [6, 6.07) is 12.6. The van der Waals surface area contributed by atoms with Crippen LogP contribution in [-0.4, -0.2) is 25.5 Å². The van der Waals surface area contributed by atoms with Crippen molar-refractivity contribution in [3.8, 4) is 0 Å². The second-order valence-electron chi connectivity index (χ2n) is 6.38. The Morgan fingerprint density at radius 1 is 1.04 bits per heavy atom. The van der Waals surface area contributed by atoms with Gasteiger partial charge in [0.1, 0.15) is 0 Å². The molecule has 0 spiro atoms. The fourth-order valence-electron chi connectivity index (χ4n) is 3.38. The summed E-state index contributed by atoms with van der Waals surface area (Å²) in [5.41, 5.74) is 0.371. The van der Waals surface area contributed by atoms with Gasteiger partial charge >= 0.3 is 5.97 Å². The van der Waals surface area contributed by atoms with Crippen LogP contribution in [0, 0.1) is 0 Å². The van der Waals surface area contributed by atoms with Crippen LogP contribution in [-0.2, 0) is 10.0 Å². The first kappa shape index (κ1) is 18.7. The van der Waals surface area contributed by atoms with Gasteiger partial charge in [0.2, 0.25) is 0 Å². The van der Waals surface area contributed by atoms with E-state index in [0.717, 1.165) is 38.2 Å². The van der Waals surface area contributed by atoms with E-state index >= 15 is 0 Å². The number of anilines is 1. The summed E-state index contributed by atoms with van der Waals surface area (Å²) < 4.78 is 28.3. The molecule has 1 aliphatic rings. The number of sulfonamides is 1. The predicted octanol–water partition coefficient (Wildman–Crippen LogP) is 4.57. The summed E-state index contributed by atoms with van der Waals surface area (Å²) in [6.45, 7) is 0. The van der Waals surface area contributed by atoms with Crippen LogP contribution in [0.5, 0.6) is 0 Å². The molecule has 5 nitrogen and oxygen atoms in total. The number of rotatable bonds is 5. The minimum absolute atomic E-state index is 0.0142. The normalized spacial score (nSPS) is 15.6. The second-order valence-corrected chi connectivity index (χ2v) is 8.60. The van der Waals surface area contributed by atoms with Crippen molar-refractivity contribution in [1.82, 2.24) is 0 Å². The minimum Gasteiger partial charge on any atom is -0.478 e. The number of hydrogen-bond donors (Lipinski definition) is 1. The third-order valence-corrected chi connectivity index (χ3v) is 6.85. The van der Waals surface area contributed by atoms with Gasteiger partial charge in [-0.1, -0.05) is 49.1 Å². The second kappa shape index (κ2) is 7.68. The number of aromatic carboxylic acids is 1. The Hall–Kier alpha value is -2.05. The lowest BCUT2D eigenvalue weighted by molar-refractivity contribution is 0.0697. The molecule has 0 heterocycles. The molecule has 0 unspecified atom stereocenters. The summed E-state index contributed by atoms with van der Waals surface area (Å²) in [4.78, 5) is 11.3. The molecule has 0 bridgehead atoms. The topological polar surface area (TPSA) is 74.7 Å². The van der Waals surface area contributed by atoms with Crippen LogP contribution in [0.2, 0.25) is 5.02 Å². The maximum Gasteiger partial charge on any atom is 0.337 e. The van der Waals surface area contributed by atoms with Crippen LogP contribution < -0.4 is 4.31 Å². The number of carbonyl (C=O) groups is 1. The molecule has 0 aliphatic heterocycles. The molecule has 0 saturated heterocycles. The molecule has 0 radical (unpaired) electrons. The summed E-state index contributed by atoms with van der Waals surface area (Å²) in [6.07, 6.45) is 4.62. The average molecular weight is 394 g/mol. The van der Waals surface area contributed by atoms with E-state index in [0.29, 0.717) is 5.69 Å². The van der Waals surface area contributed by atoms with Gasteiger partial charge in [-0.25, -0.2) is 13.2 Å². The number of benzene rings is 2. The Kier molecular flexibility index (Phi) is 5.53. The maximum atomic E-state index is 13.4. The first-order valence-electron chi connectivity index (χ1n) is 8.53. The van der Waals surface area contributed by atoms with Gasteiger partial charge < -0.3 is 5.11 Å². The van der Waals surface area contributed by atoms with E-state index in [4.69, 9.17) is 11.6 Å². The Bertz CT molecular complexity index is 893. The zero-order valence-electron chi connectivity index (χ0n) is 14.1. The monoisotopic (exact) mass is 393 g/mol. The van der Waals surface area contributed by atoms with E-state index in [1.807, 2.05) is 6.07 Å². The smallest absolute Gasteiger partial charge is 0.337 e. The summed E-state index contributed by atoms with van der Waals surface area (Å²) >= 11 is 5.90. The van der Waals surface area contributed by atoms with E-state index in [9.17, 15) is 18.3 Å². The molecule has 138 valence electrons. The van der Waals surface area contributed by atoms with E-state index in [-0.39, 0.29) is 21.5 Å². The lowest BCUT2D eigenvalue weighted by Gasteiger charge is -2.35. The first-order valence-corrected chi connectivity index (χ1v) is 10.4. The number of carboxylic acids is 1. The van der Waals surface area contributed by atoms with Crippen molar-refractivity contribution < 1.29 is 18.3 Å². The van der Waals surface area contributed by atoms with Crippen molar-refractivity contribution in [1.29, 1.82) is 0 Å². The highest BCUT2D eigenvalue weighted by Gasteiger charge is 2.33. The number of carboxylic acid groups (broad SMARTS) is 1. The van der Waals surface area contributed by atoms with Crippen LogP contribution >= 0.6 is 11.6 Å². The molecule has 2 aromatic rings. The van der Waals surface area contributed by atoms with Crippen molar-refractivity contribution in [2.75, 3.05) is 4.31 Å². The number of nitrogens with zero attached hydrogens (tertiary/aromatic N) is 1. The van der Waals surface area contributed by atoms with Crippen LogP contribution in [0.4, 0.5) is 5.69 Å². The zero-order chi connectivity index (χ0) is 18.7. The van der Waals surface area contributed by atoms with Crippen LogP contribution in [0.15, 0.2) is 53.4 Å². The van der Waals surface area contributed by atoms with Crippen LogP contribution in [0.25, 0.3) is 0 Å². The van der Waals surface area contributed by atoms with Gasteiger partial charge in [-0.05, 0) is 43.2 Å². The van der Waals surface area contributed by atoms with Gasteiger partial charge in [-0.3, -0.25) is 4.31 Å². The largest absolute Gasteiger partial charge is 0.478 e. The molecular weight excluding hydrogens is 374 g/mol. The van der Waals surface area contributed by atoms with Crippen molar-refractivity contribution >= 4 is 33.3 Å². The third kappa shape index (κ3) is 3.71. The summed E-state index contributed by atoms with van der Waals surface area (Å²) in [5.74, 6) is -1.25. The molecule has 3 rings (SSSR count). The van der Waals surface area contributed by atoms with E-state index < -0.39 is 16.0 Å². The molecule has 0 amide bonds. The van der Waals surface area contributed by atoms with Gasteiger partial charge in [0.05, 0.1) is 21.2 Å². The summed E-state index contributed by atoms with van der Waals surface area (Å²) in [5, 5.41) is 9.28. The molecule has 0 aromatic heterocycles. The van der Waals surface area contributed by atoms with E-state index in [1.165, 1.54) is 16.4 Å². The number of halogens is 1. The SMILES string of the molecule is O=C(O)c1cc(S(=O)(=O)N(c2ccccc2)C2CCCCC2)ccc1Cl. The van der Waals surface area contributed by atoms with Gasteiger partial charge in [0, 0.05) is 6.04 Å². The molecule has 1 fully saturated rings. The van der Waals surface area contributed by atoms with Crippen molar-refractivity contribution in [3.05, 3.63) is 59.1 Å². The van der Waals surface area contributed by atoms with E-state index in [2.05, 4.69) is 0 Å². The average Bonchev–Trinajstić information content (AvgIpc) is 2.63. The first-order chi connectivity index (χ1) is 12.4. The molecule has 26 heavy (non-hydrogen) atoms. The third-order valence-electron chi connectivity index (χ3n) is 4.64. The molecule has 0 atom stereocenters. The van der Waals surface area contributed by atoms with E-state index in [1.54, 1.807) is 24.3 Å². The van der Waals surface area contributed by atoms with Gasteiger partial charge in [-0.2, -0.15) is 0 Å². The van der Waals surface area contributed by atoms with Crippen molar-refractivity contribution in [2.45, 2.75) is 43.0 Å². The number of hydrogen-bond acceptors (Lipinski definition) is 3. The number of para-hydroxylation sites is 1. The Labute approximate surface area is 158 Å². The maximum absolute atomic E-state index is 13.4. The highest BCUT2D eigenvalue weighted by atomic mass is 35.5. The fourth-order valence-corrected chi connectivity index (χ4v) is 5.31. The molecule has 7 heteroatoms. The fraction of sp³-hybridized carbons (Fsp3) is 0.316. The molecule has 2 aromatic carbocycles. The molecule has 1 N–H and O–H groups in total. The molecule has 1 saturated carbocycles. The highest BCUT2D eigenvalue weighted by molar-refractivity contribution is 7.92. The van der Waals surface area contributed by atoms with Gasteiger partial charge in [-0.15, -0.1) is 0 Å².